The number of rotatable bonds is 3. The summed E-state index contributed by atoms with van der Waals surface area (Å²) >= 11 is 0. The maximum atomic E-state index is 13.7. The Labute approximate surface area is 113 Å². The normalized spacial score (nSPS) is 26.4. The molecule has 106 valence electrons. The van der Waals surface area contributed by atoms with Crippen LogP contribution >= 0.6 is 0 Å². The Hall–Kier alpha value is -1.00. The molecule has 0 bridgehead atoms. The monoisotopic (exact) mass is 268 g/mol. The van der Waals surface area contributed by atoms with Gasteiger partial charge >= 0.3 is 0 Å². The molecule has 1 aliphatic rings. The van der Waals surface area contributed by atoms with Crippen molar-refractivity contribution >= 4 is 0 Å². The lowest BCUT2D eigenvalue weighted by atomic mass is 9.88. The smallest absolute Gasteiger partial charge is 0.163 e. The number of benzene rings is 1. The molecule has 1 aliphatic heterocycles. The van der Waals surface area contributed by atoms with Gasteiger partial charge in [-0.3, -0.25) is 0 Å². The average molecular weight is 268 g/mol. The van der Waals surface area contributed by atoms with Crippen molar-refractivity contribution in [1.82, 2.24) is 4.90 Å². The Balaban J connectivity index is 2.01. The van der Waals surface area contributed by atoms with Gasteiger partial charge in [-0.2, -0.15) is 0 Å². The fourth-order valence-corrected chi connectivity index (χ4v) is 2.70. The van der Waals surface area contributed by atoms with E-state index in [0.29, 0.717) is 12.5 Å². The second kappa shape index (κ2) is 5.97. The maximum absolute atomic E-state index is 13.7. The van der Waals surface area contributed by atoms with Gasteiger partial charge < -0.3 is 10.6 Å². The summed E-state index contributed by atoms with van der Waals surface area (Å²) in [5.41, 5.74) is 6.30. The maximum Gasteiger partial charge on any atom is 0.163 e. The fraction of sp³-hybridized carbons (Fsp3) is 0.600. The zero-order valence-electron chi connectivity index (χ0n) is 11.6. The largest absolute Gasteiger partial charge is 0.323 e. The van der Waals surface area contributed by atoms with Crippen molar-refractivity contribution < 1.29 is 8.78 Å². The second-order valence-corrected chi connectivity index (χ2v) is 5.75. The molecule has 2 nitrogen and oxygen atoms in total. The van der Waals surface area contributed by atoms with Crippen LogP contribution in [-0.4, -0.2) is 24.5 Å². The van der Waals surface area contributed by atoms with Gasteiger partial charge in [-0.05, 0) is 30.9 Å². The summed E-state index contributed by atoms with van der Waals surface area (Å²) in [5.74, 6) is -0.293. The summed E-state index contributed by atoms with van der Waals surface area (Å²) in [4.78, 5) is 2.25. The minimum Gasteiger partial charge on any atom is -0.323 e. The predicted molar refractivity (Wildman–Crippen MR) is 72.7 cm³/mol. The third kappa shape index (κ3) is 3.31. The lowest BCUT2D eigenvalue weighted by Gasteiger charge is -2.36. The molecule has 1 aromatic carbocycles. The van der Waals surface area contributed by atoms with E-state index >= 15 is 0 Å². The number of piperidine rings is 1. The molecule has 3 atom stereocenters. The molecular formula is C15H22F2N2. The Kier molecular flexibility index (Phi) is 4.53. The molecular weight excluding hydrogens is 246 g/mol. The van der Waals surface area contributed by atoms with E-state index in [-0.39, 0.29) is 5.56 Å². The molecule has 4 heteroatoms. The number of halogens is 2. The number of hydrogen-bond donors (Lipinski definition) is 1. The number of nitrogens with zero attached hydrogens (tertiary/aromatic N) is 1. The van der Waals surface area contributed by atoms with Gasteiger partial charge in [0.05, 0.1) is 0 Å². The molecule has 2 N–H and O–H groups in total. The number of likely N-dealkylation sites (tertiary alicyclic amines) is 1. The van der Waals surface area contributed by atoms with Crippen LogP contribution in [0.3, 0.4) is 0 Å². The summed E-state index contributed by atoms with van der Waals surface area (Å²) in [6.45, 7) is 7.03. The minimum absolute atomic E-state index is 0.270. The molecule has 3 unspecified atom stereocenters. The summed E-state index contributed by atoms with van der Waals surface area (Å²) in [6, 6.07) is 3.72. The van der Waals surface area contributed by atoms with Crippen molar-refractivity contribution in [3.05, 3.63) is 35.4 Å². The van der Waals surface area contributed by atoms with Crippen LogP contribution in [0.4, 0.5) is 8.78 Å². The van der Waals surface area contributed by atoms with Gasteiger partial charge in [-0.1, -0.05) is 26.0 Å². The molecule has 1 heterocycles. The van der Waals surface area contributed by atoms with E-state index in [9.17, 15) is 8.78 Å². The van der Waals surface area contributed by atoms with E-state index in [4.69, 9.17) is 5.73 Å². The highest BCUT2D eigenvalue weighted by atomic mass is 19.2. The molecule has 0 spiro atoms. The van der Waals surface area contributed by atoms with E-state index in [0.717, 1.165) is 31.5 Å². The quantitative estimate of drug-likeness (QED) is 0.913. The third-order valence-corrected chi connectivity index (χ3v) is 4.25. The number of hydrogen-bond acceptors (Lipinski definition) is 2. The molecule has 0 aromatic heterocycles. The number of nitrogens with two attached hydrogens (primary N) is 1. The summed E-state index contributed by atoms with van der Waals surface area (Å²) in [7, 11) is 0. The Morgan fingerprint density at radius 2 is 2.05 bits per heavy atom. The highest BCUT2D eigenvalue weighted by molar-refractivity contribution is 5.22. The summed E-state index contributed by atoms with van der Waals surface area (Å²) < 4.78 is 26.9. The van der Waals surface area contributed by atoms with E-state index < -0.39 is 17.7 Å². The molecule has 1 fully saturated rings. The molecule has 19 heavy (non-hydrogen) atoms. The fourth-order valence-electron chi connectivity index (χ4n) is 2.70. The third-order valence-electron chi connectivity index (χ3n) is 4.25. The Morgan fingerprint density at radius 3 is 2.74 bits per heavy atom. The second-order valence-electron chi connectivity index (χ2n) is 5.75. The molecule has 1 aromatic rings. The zero-order chi connectivity index (χ0) is 14.0. The van der Waals surface area contributed by atoms with Crippen LogP contribution in [0, 0.1) is 23.5 Å². The molecule has 2 rings (SSSR count). The van der Waals surface area contributed by atoms with Crippen LogP contribution in [0.1, 0.15) is 31.9 Å². The first-order valence-electron chi connectivity index (χ1n) is 6.91. The minimum atomic E-state index is -0.825. The van der Waals surface area contributed by atoms with Gasteiger partial charge in [0.15, 0.2) is 11.6 Å². The van der Waals surface area contributed by atoms with Crippen LogP contribution in [0.25, 0.3) is 0 Å². The molecule has 0 saturated carbocycles. The van der Waals surface area contributed by atoms with Crippen LogP contribution in [0.2, 0.25) is 0 Å². The highest BCUT2D eigenvalue weighted by Crippen LogP contribution is 2.25. The Bertz CT molecular complexity index is 436. The van der Waals surface area contributed by atoms with Gasteiger partial charge in [-0.25, -0.2) is 8.78 Å². The van der Waals surface area contributed by atoms with E-state index in [1.165, 1.54) is 6.07 Å². The van der Waals surface area contributed by atoms with Gasteiger partial charge in [0.25, 0.3) is 0 Å². The van der Waals surface area contributed by atoms with Crippen molar-refractivity contribution in [3.8, 4) is 0 Å². The first kappa shape index (κ1) is 14.4. The summed E-state index contributed by atoms with van der Waals surface area (Å²) in [5, 5.41) is 0. The van der Waals surface area contributed by atoms with Crippen molar-refractivity contribution in [2.45, 2.75) is 26.3 Å². The van der Waals surface area contributed by atoms with Crippen LogP contribution < -0.4 is 5.73 Å². The van der Waals surface area contributed by atoms with Crippen LogP contribution in [-0.2, 0) is 0 Å². The standard InChI is InChI=1S/C15H22F2N2/c1-10-6-7-19(8-11(10)2)9-14(18)12-4-3-5-13(16)15(12)17/h3-5,10-11,14H,6-9,18H2,1-2H3. The average Bonchev–Trinajstić information content (AvgIpc) is 2.37. The first-order chi connectivity index (χ1) is 8.99. The van der Waals surface area contributed by atoms with E-state index in [1.807, 2.05) is 0 Å². The highest BCUT2D eigenvalue weighted by Gasteiger charge is 2.25. The van der Waals surface area contributed by atoms with Crippen molar-refractivity contribution in [2.24, 2.45) is 17.6 Å². The predicted octanol–water partition coefficient (Wildman–Crippen LogP) is 2.94. The first-order valence-corrected chi connectivity index (χ1v) is 6.91. The Morgan fingerprint density at radius 1 is 1.32 bits per heavy atom. The molecule has 1 saturated heterocycles. The van der Waals surface area contributed by atoms with E-state index in [2.05, 4.69) is 18.7 Å². The van der Waals surface area contributed by atoms with Crippen molar-refractivity contribution in [3.63, 3.8) is 0 Å². The van der Waals surface area contributed by atoms with E-state index in [1.54, 1.807) is 6.07 Å². The molecule has 0 amide bonds. The van der Waals surface area contributed by atoms with Crippen LogP contribution in [0.15, 0.2) is 18.2 Å². The SMILES string of the molecule is CC1CCN(CC(N)c2cccc(F)c2F)CC1C. The zero-order valence-corrected chi connectivity index (χ0v) is 11.6. The molecule has 0 radical (unpaired) electrons. The van der Waals surface area contributed by atoms with Gasteiger partial charge in [0.1, 0.15) is 0 Å². The topological polar surface area (TPSA) is 29.3 Å². The van der Waals surface area contributed by atoms with Gasteiger partial charge in [-0.15, -0.1) is 0 Å². The van der Waals surface area contributed by atoms with Crippen molar-refractivity contribution in [2.75, 3.05) is 19.6 Å². The van der Waals surface area contributed by atoms with Gasteiger partial charge in [0, 0.05) is 24.7 Å². The van der Waals surface area contributed by atoms with Gasteiger partial charge in [0.2, 0.25) is 0 Å². The lowest BCUT2D eigenvalue weighted by Crippen LogP contribution is -2.42. The molecule has 0 aliphatic carbocycles. The van der Waals surface area contributed by atoms with Crippen LogP contribution in [0.5, 0.6) is 0 Å². The summed E-state index contributed by atoms with van der Waals surface area (Å²) in [6.07, 6.45) is 1.14. The lowest BCUT2D eigenvalue weighted by molar-refractivity contribution is 0.131. The van der Waals surface area contributed by atoms with Crippen molar-refractivity contribution in [1.29, 1.82) is 0 Å².